The van der Waals surface area contributed by atoms with Crippen molar-refractivity contribution in [3.05, 3.63) is 58.9 Å². The minimum Gasteiger partial charge on any atom is -0.381 e. The highest BCUT2D eigenvalue weighted by atomic mass is 35.5. The third kappa shape index (κ3) is 4.46. The molecule has 5 heteroatoms. The smallest absolute Gasteiger partial charge is 0.224 e. The average Bonchev–Trinajstić information content (AvgIpc) is 2.48. The molecule has 0 heterocycles. The molecule has 0 fully saturated rings. The van der Waals surface area contributed by atoms with E-state index in [1.54, 1.807) is 25.1 Å². The lowest BCUT2D eigenvalue weighted by Gasteiger charge is -2.10. The first-order valence-corrected chi connectivity index (χ1v) is 7.04. The molecule has 2 aromatic rings. The number of hydrogen-bond acceptors (Lipinski definition) is 2. The number of halogens is 2. The molecule has 110 valence electrons. The Hall–Kier alpha value is -2.07. The maximum atomic E-state index is 13.6. The first-order valence-electron chi connectivity index (χ1n) is 6.66. The number of carbonyl (C=O) groups excluding carboxylic acids is 1. The van der Waals surface area contributed by atoms with Gasteiger partial charge in [0, 0.05) is 34.9 Å². The second-order valence-electron chi connectivity index (χ2n) is 4.57. The highest BCUT2D eigenvalue weighted by Crippen LogP contribution is 2.19. The van der Waals surface area contributed by atoms with Gasteiger partial charge in [0.2, 0.25) is 5.91 Å². The van der Waals surface area contributed by atoms with E-state index >= 15 is 0 Å². The first kappa shape index (κ1) is 15.3. The monoisotopic (exact) mass is 306 g/mol. The van der Waals surface area contributed by atoms with Gasteiger partial charge >= 0.3 is 0 Å². The van der Waals surface area contributed by atoms with Crippen molar-refractivity contribution < 1.29 is 9.18 Å². The van der Waals surface area contributed by atoms with Crippen molar-refractivity contribution in [3.63, 3.8) is 0 Å². The molecule has 21 heavy (non-hydrogen) atoms. The molecule has 2 rings (SSSR count). The zero-order chi connectivity index (χ0) is 15.2. The Bertz CT molecular complexity index is 646. The van der Waals surface area contributed by atoms with Gasteiger partial charge in [0.25, 0.3) is 0 Å². The Labute approximate surface area is 128 Å². The quantitative estimate of drug-likeness (QED) is 0.857. The summed E-state index contributed by atoms with van der Waals surface area (Å²) in [5.74, 6) is -0.352. The van der Waals surface area contributed by atoms with E-state index < -0.39 is 0 Å². The Morgan fingerprint density at radius 1 is 1.19 bits per heavy atom. The number of rotatable bonds is 5. The number of amides is 1. The lowest BCUT2D eigenvalue weighted by atomic mass is 10.2. The van der Waals surface area contributed by atoms with E-state index in [1.807, 2.05) is 12.1 Å². The minimum absolute atomic E-state index is 0.0481. The van der Waals surface area contributed by atoms with E-state index in [0.717, 1.165) is 5.69 Å². The summed E-state index contributed by atoms with van der Waals surface area (Å²) in [4.78, 5) is 11.4. The molecule has 0 bridgehead atoms. The summed E-state index contributed by atoms with van der Waals surface area (Å²) in [6, 6.07) is 11.7. The first-order chi connectivity index (χ1) is 10.1. The second kappa shape index (κ2) is 7.09. The summed E-state index contributed by atoms with van der Waals surface area (Å²) < 4.78 is 13.6. The molecule has 0 saturated heterocycles. The molecule has 0 aliphatic carbocycles. The van der Waals surface area contributed by atoms with Crippen LogP contribution in [0.15, 0.2) is 42.5 Å². The average molecular weight is 307 g/mol. The van der Waals surface area contributed by atoms with Crippen molar-refractivity contribution in [1.29, 1.82) is 0 Å². The summed E-state index contributed by atoms with van der Waals surface area (Å²) in [7, 11) is 0. The highest BCUT2D eigenvalue weighted by molar-refractivity contribution is 6.30. The van der Waals surface area contributed by atoms with Crippen molar-refractivity contribution in [3.8, 4) is 0 Å². The van der Waals surface area contributed by atoms with Gasteiger partial charge in [0.15, 0.2) is 0 Å². The van der Waals surface area contributed by atoms with Crippen molar-refractivity contribution in [2.45, 2.75) is 19.9 Å². The van der Waals surface area contributed by atoms with Gasteiger partial charge in [0.1, 0.15) is 5.82 Å². The van der Waals surface area contributed by atoms with E-state index in [9.17, 15) is 9.18 Å². The fourth-order valence-corrected chi connectivity index (χ4v) is 2.03. The molecule has 0 unspecified atom stereocenters. The van der Waals surface area contributed by atoms with Crippen LogP contribution in [0.5, 0.6) is 0 Å². The van der Waals surface area contributed by atoms with Gasteiger partial charge in [-0.05, 0) is 36.4 Å². The van der Waals surface area contributed by atoms with Crippen LogP contribution in [0.1, 0.15) is 18.9 Å². The summed E-state index contributed by atoms with van der Waals surface area (Å²) in [6.45, 7) is 2.11. The van der Waals surface area contributed by atoms with Crippen LogP contribution in [0.3, 0.4) is 0 Å². The van der Waals surface area contributed by atoms with Gasteiger partial charge in [0.05, 0.1) is 0 Å². The topological polar surface area (TPSA) is 41.1 Å². The molecular weight excluding hydrogens is 291 g/mol. The predicted molar refractivity (Wildman–Crippen MR) is 84.1 cm³/mol. The summed E-state index contributed by atoms with van der Waals surface area (Å²) in [5.41, 5.74) is 1.99. The number of hydrogen-bond donors (Lipinski definition) is 2. The molecule has 0 aromatic heterocycles. The van der Waals surface area contributed by atoms with Gasteiger partial charge in [-0.1, -0.05) is 24.6 Å². The summed E-state index contributed by atoms with van der Waals surface area (Å²) in [6.07, 6.45) is 0.422. The zero-order valence-corrected chi connectivity index (χ0v) is 12.4. The molecular formula is C16H16ClFN2O. The van der Waals surface area contributed by atoms with Crippen molar-refractivity contribution in [1.82, 2.24) is 0 Å². The van der Waals surface area contributed by atoms with Crippen LogP contribution < -0.4 is 10.6 Å². The maximum absolute atomic E-state index is 13.6. The van der Waals surface area contributed by atoms with E-state index in [0.29, 0.717) is 29.2 Å². The summed E-state index contributed by atoms with van der Waals surface area (Å²) in [5, 5.41) is 6.38. The van der Waals surface area contributed by atoms with E-state index in [2.05, 4.69) is 10.6 Å². The molecule has 1 amide bonds. The summed E-state index contributed by atoms with van der Waals surface area (Å²) >= 11 is 5.86. The van der Waals surface area contributed by atoms with Crippen LogP contribution in [-0.2, 0) is 11.3 Å². The fourth-order valence-electron chi connectivity index (χ4n) is 1.83. The van der Waals surface area contributed by atoms with Crippen molar-refractivity contribution >= 4 is 28.9 Å². The third-order valence-electron chi connectivity index (χ3n) is 2.96. The maximum Gasteiger partial charge on any atom is 0.224 e. The lowest BCUT2D eigenvalue weighted by Crippen LogP contribution is -2.09. The number of nitrogens with one attached hydrogen (secondary N) is 2. The Morgan fingerprint density at radius 3 is 2.71 bits per heavy atom. The number of anilines is 2. The Balaban J connectivity index is 2.04. The molecule has 2 N–H and O–H groups in total. The van der Waals surface area contributed by atoms with Crippen LogP contribution in [0.25, 0.3) is 0 Å². The van der Waals surface area contributed by atoms with Gasteiger partial charge in [-0.2, -0.15) is 0 Å². The molecule has 3 nitrogen and oxygen atoms in total. The SMILES string of the molecule is CCC(=O)Nc1cccc(NCc2cc(Cl)ccc2F)c1. The lowest BCUT2D eigenvalue weighted by molar-refractivity contribution is -0.115. The fraction of sp³-hybridized carbons (Fsp3) is 0.188. The third-order valence-corrected chi connectivity index (χ3v) is 3.19. The van der Waals surface area contributed by atoms with Crippen molar-refractivity contribution in [2.75, 3.05) is 10.6 Å². The molecule has 0 saturated carbocycles. The van der Waals surface area contributed by atoms with Crippen molar-refractivity contribution in [2.24, 2.45) is 0 Å². The van der Waals surface area contributed by atoms with Crippen LogP contribution in [0.2, 0.25) is 5.02 Å². The number of benzene rings is 2. The largest absolute Gasteiger partial charge is 0.381 e. The molecule has 2 aromatic carbocycles. The molecule has 0 spiro atoms. The Kier molecular flexibility index (Phi) is 5.17. The zero-order valence-electron chi connectivity index (χ0n) is 11.6. The normalized spacial score (nSPS) is 10.2. The van der Waals surface area contributed by atoms with E-state index in [-0.39, 0.29) is 11.7 Å². The highest BCUT2D eigenvalue weighted by Gasteiger charge is 2.04. The van der Waals surface area contributed by atoms with E-state index in [4.69, 9.17) is 11.6 Å². The van der Waals surface area contributed by atoms with Gasteiger partial charge in [-0.3, -0.25) is 4.79 Å². The van der Waals surface area contributed by atoms with Gasteiger partial charge in [-0.25, -0.2) is 4.39 Å². The number of carbonyl (C=O) groups is 1. The predicted octanol–water partition coefficient (Wildman–Crippen LogP) is 4.44. The van der Waals surface area contributed by atoms with Gasteiger partial charge in [-0.15, -0.1) is 0 Å². The van der Waals surface area contributed by atoms with Crippen LogP contribution in [0, 0.1) is 5.82 Å². The molecule has 0 atom stereocenters. The van der Waals surface area contributed by atoms with Crippen LogP contribution in [-0.4, -0.2) is 5.91 Å². The second-order valence-corrected chi connectivity index (χ2v) is 5.01. The Morgan fingerprint density at radius 2 is 1.95 bits per heavy atom. The van der Waals surface area contributed by atoms with E-state index in [1.165, 1.54) is 12.1 Å². The minimum atomic E-state index is -0.303. The van der Waals surface area contributed by atoms with Crippen LogP contribution in [0.4, 0.5) is 15.8 Å². The molecule has 0 radical (unpaired) electrons. The van der Waals surface area contributed by atoms with Gasteiger partial charge < -0.3 is 10.6 Å². The molecule has 0 aliphatic heterocycles. The standard InChI is InChI=1S/C16H16ClFN2O/c1-2-16(21)20-14-5-3-4-13(9-14)19-10-11-8-12(17)6-7-15(11)18/h3-9,19H,2,10H2,1H3,(H,20,21). The van der Waals surface area contributed by atoms with Crippen LogP contribution >= 0.6 is 11.6 Å². The molecule has 0 aliphatic rings.